The molecule has 1 aliphatic rings. The summed E-state index contributed by atoms with van der Waals surface area (Å²) in [5.74, 6) is 0. The SMILES string of the molecule is C1=Cc2c(c(-c3cc(-c4ccccc4)c4oc5cc(-c6cccc7ccccc67)ccc5c4c3)c3ccccc3c2-c2ccc(-c3ccccc3)cc2)CC1. The number of benzene rings is 9. The normalized spacial score (nSPS) is 12.5. The van der Waals surface area contributed by atoms with Gasteiger partial charge in [0.25, 0.3) is 0 Å². The van der Waals surface area contributed by atoms with Crippen molar-refractivity contribution >= 4 is 49.6 Å². The van der Waals surface area contributed by atoms with E-state index < -0.39 is 0 Å². The molecule has 1 aliphatic carbocycles. The topological polar surface area (TPSA) is 13.1 Å². The van der Waals surface area contributed by atoms with E-state index in [-0.39, 0.29) is 0 Å². The number of allylic oxidation sites excluding steroid dienone is 1. The lowest BCUT2D eigenvalue weighted by Gasteiger charge is -2.24. The lowest BCUT2D eigenvalue weighted by molar-refractivity contribution is 0.670. The number of rotatable bonds is 5. The molecule has 0 N–H and O–H groups in total. The molecule has 0 saturated heterocycles. The molecule has 55 heavy (non-hydrogen) atoms. The third-order valence-corrected chi connectivity index (χ3v) is 11.5. The molecule has 0 aliphatic heterocycles. The van der Waals surface area contributed by atoms with Gasteiger partial charge in [-0.25, -0.2) is 0 Å². The van der Waals surface area contributed by atoms with E-state index in [9.17, 15) is 0 Å². The van der Waals surface area contributed by atoms with Crippen molar-refractivity contribution in [2.24, 2.45) is 0 Å². The third kappa shape index (κ3) is 5.23. The molecule has 258 valence electrons. The molecule has 1 nitrogen and oxygen atoms in total. The second kappa shape index (κ2) is 12.9. The Hall–Kier alpha value is -6.96. The zero-order chi connectivity index (χ0) is 36.3. The molecule has 1 heteroatoms. The summed E-state index contributed by atoms with van der Waals surface area (Å²) >= 11 is 0. The van der Waals surface area contributed by atoms with Crippen molar-refractivity contribution in [1.29, 1.82) is 0 Å². The van der Waals surface area contributed by atoms with Gasteiger partial charge in [-0.15, -0.1) is 0 Å². The minimum Gasteiger partial charge on any atom is -0.455 e. The van der Waals surface area contributed by atoms with Gasteiger partial charge in [0.1, 0.15) is 11.2 Å². The standard InChI is InChI=1S/C54H36O/c1-3-14-35(15-4-1)36-26-28-39(29-27-36)52-45-21-9-11-23-47(45)53(48-24-12-10-22-46(48)52)41-32-49(38-16-5-2-6-17-38)54-50(33-41)44-31-30-40(34-51(44)55-54)43-25-13-19-37-18-7-8-20-42(37)43/h1-11,13-23,25-34H,12,24H2. The Bertz CT molecular complexity index is 3100. The molecule has 10 aromatic rings. The van der Waals surface area contributed by atoms with Crippen molar-refractivity contribution in [3.63, 3.8) is 0 Å². The molecule has 0 atom stereocenters. The van der Waals surface area contributed by atoms with E-state index in [1.54, 1.807) is 0 Å². The third-order valence-electron chi connectivity index (χ3n) is 11.5. The summed E-state index contributed by atoms with van der Waals surface area (Å²) in [5.41, 5.74) is 16.8. The van der Waals surface area contributed by atoms with E-state index in [4.69, 9.17) is 4.42 Å². The van der Waals surface area contributed by atoms with Crippen molar-refractivity contribution in [2.75, 3.05) is 0 Å². The Kier molecular flexibility index (Phi) is 7.38. The van der Waals surface area contributed by atoms with Gasteiger partial charge in [-0.3, -0.25) is 0 Å². The zero-order valence-electron chi connectivity index (χ0n) is 30.3. The van der Waals surface area contributed by atoms with Gasteiger partial charge < -0.3 is 4.42 Å². The first kappa shape index (κ1) is 31.6. The second-order valence-electron chi connectivity index (χ2n) is 14.7. The first-order valence-electron chi connectivity index (χ1n) is 19.2. The monoisotopic (exact) mass is 700 g/mol. The maximum atomic E-state index is 6.91. The summed E-state index contributed by atoms with van der Waals surface area (Å²) in [6.07, 6.45) is 6.72. The highest BCUT2D eigenvalue weighted by Crippen LogP contribution is 2.48. The van der Waals surface area contributed by atoms with E-state index in [2.05, 4.69) is 194 Å². The molecule has 1 heterocycles. The lowest BCUT2D eigenvalue weighted by Crippen LogP contribution is -2.02. The largest absolute Gasteiger partial charge is 0.455 e. The summed E-state index contributed by atoms with van der Waals surface area (Å²) in [6.45, 7) is 0. The summed E-state index contributed by atoms with van der Waals surface area (Å²) in [7, 11) is 0. The van der Waals surface area contributed by atoms with Crippen molar-refractivity contribution in [3.05, 3.63) is 199 Å². The first-order chi connectivity index (χ1) is 27.3. The van der Waals surface area contributed by atoms with Gasteiger partial charge in [-0.05, 0) is 120 Å². The van der Waals surface area contributed by atoms with Crippen LogP contribution in [0.15, 0.2) is 192 Å². The van der Waals surface area contributed by atoms with Crippen LogP contribution in [0.4, 0.5) is 0 Å². The van der Waals surface area contributed by atoms with Gasteiger partial charge in [0, 0.05) is 16.3 Å². The molecule has 1 aromatic heterocycles. The van der Waals surface area contributed by atoms with E-state index in [1.807, 2.05) is 0 Å². The molecule has 0 amide bonds. The molecule has 0 radical (unpaired) electrons. The highest BCUT2D eigenvalue weighted by atomic mass is 16.3. The number of hydrogen-bond donors (Lipinski definition) is 0. The molecule has 0 unspecified atom stereocenters. The van der Waals surface area contributed by atoms with E-state index >= 15 is 0 Å². The summed E-state index contributed by atoms with van der Waals surface area (Å²) in [5, 5.41) is 7.30. The van der Waals surface area contributed by atoms with Crippen LogP contribution in [0.3, 0.4) is 0 Å². The zero-order valence-corrected chi connectivity index (χ0v) is 30.3. The van der Waals surface area contributed by atoms with Crippen molar-refractivity contribution < 1.29 is 4.42 Å². The predicted molar refractivity (Wildman–Crippen MR) is 233 cm³/mol. The first-order valence-corrected chi connectivity index (χ1v) is 19.2. The minimum absolute atomic E-state index is 0.902. The molecule has 0 bridgehead atoms. The summed E-state index contributed by atoms with van der Waals surface area (Å²) in [6, 6.07) is 66.1. The van der Waals surface area contributed by atoms with Crippen LogP contribution in [0.5, 0.6) is 0 Å². The maximum absolute atomic E-state index is 6.91. The Morgan fingerprint density at radius 2 is 1.02 bits per heavy atom. The Morgan fingerprint density at radius 1 is 0.382 bits per heavy atom. The molecule has 9 aromatic carbocycles. The fourth-order valence-electron chi connectivity index (χ4n) is 8.98. The average Bonchev–Trinajstić information content (AvgIpc) is 3.63. The highest BCUT2D eigenvalue weighted by Gasteiger charge is 2.24. The molecule has 0 saturated carbocycles. The van der Waals surface area contributed by atoms with Crippen LogP contribution in [-0.4, -0.2) is 0 Å². The molecule has 0 spiro atoms. The maximum Gasteiger partial charge on any atom is 0.143 e. The Morgan fingerprint density at radius 3 is 1.82 bits per heavy atom. The van der Waals surface area contributed by atoms with Crippen LogP contribution in [0.2, 0.25) is 0 Å². The Labute approximate surface area is 320 Å². The number of fused-ring (bicyclic) bond motifs is 6. The van der Waals surface area contributed by atoms with Gasteiger partial charge in [0.2, 0.25) is 0 Å². The molecule has 11 rings (SSSR count). The Balaban J connectivity index is 1.15. The van der Waals surface area contributed by atoms with Crippen molar-refractivity contribution in [2.45, 2.75) is 12.8 Å². The van der Waals surface area contributed by atoms with Gasteiger partial charge >= 0.3 is 0 Å². The summed E-state index contributed by atoms with van der Waals surface area (Å²) in [4.78, 5) is 0. The van der Waals surface area contributed by atoms with Crippen LogP contribution in [-0.2, 0) is 6.42 Å². The molecular weight excluding hydrogens is 665 g/mol. The predicted octanol–water partition coefficient (Wildman–Crippen LogP) is 15.2. The van der Waals surface area contributed by atoms with Crippen LogP contribution in [0, 0.1) is 0 Å². The van der Waals surface area contributed by atoms with Gasteiger partial charge in [-0.2, -0.15) is 0 Å². The smallest absolute Gasteiger partial charge is 0.143 e. The number of furan rings is 1. The van der Waals surface area contributed by atoms with Crippen LogP contribution < -0.4 is 0 Å². The number of hydrogen-bond acceptors (Lipinski definition) is 1. The van der Waals surface area contributed by atoms with E-state index in [0.29, 0.717) is 0 Å². The van der Waals surface area contributed by atoms with Gasteiger partial charge in [0.05, 0.1) is 0 Å². The minimum atomic E-state index is 0.902. The quantitative estimate of drug-likeness (QED) is 0.174. The second-order valence-corrected chi connectivity index (χ2v) is 14.7. The van der Waals surface area contributed by atoms with Crippen molar-refractivity contribution in [1.82, 2.24) is 0 Å². The highest BCUT2D eigenvalue weighted by molar-refractivity contribution is 6.16. The van der Waals surface area contributed by atoms with Crippen LogP contribution >= 0.6 is 0 Å². The van der Waals surface area contributed by atoms with Gasteiger partial charge in [-0.1, -0.05) is 170 Å². The van der Waals surface area contributed by atoms with Crippen LogP contribution in [0.1, 0.15) is 17.5 Å². The fourth-order valence-corrected chi connectivity index (χ4v) is 8.98. The van der Waals surface area contributed by atoms with Crippen molar-refractivity contribution in [3.8, 4) is 55.6 Å². The van der Waals surface area contributed by atoms with Crippen LogP contribution in [0.25, 0.3) is 105 Å². The molecular formula is C54H36O. The summed E-state index contributed by atoms with van der Waals surface area (Å²) < 4.78 is 6.91. The van der Waals surface area contributed by atoms with Gasteiger partial charge in [0.15, 0.2) is 0 Å². The molecule has 0 fully saturated rings. The fraction of sp³-hybridized carbons (Fsp3) is 0.0370. The lowest BCUT2D eigenvalue weighted by atomic mass is 9.79. The van der Waals surface area contributed by atoms with E-state index in [1.165, 1.54) is 71.6 Å². The average molecular weight is 701 g/mol. The van der Waals surface area contributed by atoms with E-state index in [0.717, 1.165) is 51.5 Å².